The van der Waals surface area contributed by atoms with Crippen LogP contribution >= 0.6 is 0 Å². The highest BCUT2D eigenvalue weighted by Gasteiger charge is 2.34. The number of hydrogen-bond donors (Lipinski definition) is 2. The smallest absolute Gasteiger partial charge is 0.268 e. The molecule has 3 rings (SSSR count). The number of carbonyl (C=O) groups excluding carboxylic acids is 2. The largest absolute Gasteiger partial charge is 0.508 e. The Hall–Kier alpha value is -3.08. The summed E-state index contributed by atoms with van der Waals surface area (Å²) < 4.78 is 0. The lowest BCUT2D eigenvalue weighted by Crippen LogP contribution is -2.56. The van der Waals surface area contributed by atoms with Crippen molar-refractivity contribution in [1.29, 1.82) is 0 Å². The molecule has 0 spiro atoms. The number of phenolic OH excluding ortho intramolecular Hbond substituents is 1. The topological polar surface area (TPSA) is 69.6 Å². The van der Waals surface area contributed by atoms with E-state index in [0.717, 1.165) is 5.56 Å². The quantitative estimate of drug-likeness (QED) is 0.849. The number of likely N-dealkylation sites (N-methyl/N-ethyl adjacent to an activating group) is 1. The Balaban J connectivity index is 1.82. The van der Waals surface area contributed by atoms with Gasteiger partial charge in [0, 0.05) is 13.5 Å². The van der Waals surface area contributed by atoms with Crippen molar-refractivity contribution >= 4 is 17.9 Å². The number of amides is 2. The zero-order valence-electron chi connectivity index (χ0n) is 13.3. The monoisotopic (exact) mass is 322 g/mol. The molecule has 1 aliphatic rings. The molecule has 24 heavy (non-hydrogen) atoms. The molecule has 0 saturated carbocycles. The van der Waals surface area contributed by atoms with Crippen molar-refractivity contribution in [2.45, 2.75) is 12.5 Å². The van der Waals surface area contributed by atoms with Crippen molar-refractivity contribution in [2.24, 2.45) is 0 Å². The summed E-state index contributed by atoms with van der Waals surface area (Å²) in [7, 11) is 1.59. The number of hydrogen-bond acceptors (Lipinski definition) is 3. The van der Waals surface area contributed by atoms with Gasteiger partial charge in [-0.25, -0.2) is 0 Å². The van der Waals surface area contributed by atoms with Gasteiger partial charge < -0.3 is 15.3 Å². The number of nitrogens with one attached hydrogen (secondary N) is 1. The van der Waals surface area contributed by atoms with E-state index in [0.29, 0.717) is 11.3 Å². The lowest BCUT2D eigenvalue weighted by Gasteiger charge is -2.32. The third-order valence-electron chi connectivity index (χ3n) is 4.05. The molecule has 1 heterocycles. The molecule has 2 amide bonds. The molecule has 0 aromatic heterocycles. The second-order valence-electron chi connectivity index (χ2n) is 5.70. The second-order valence-corrected chi connectivity index (χ2v) is 5.70. The van der Waals surface area contributed by atoms with Crippen molar-refractivity contribution in [3.05, 3.63) is 71.4 Å². The maximum atomic E-state index is 12.6. The zero-order chi connectivity index (χ0) is 17.1. The summed E-state index contributed by atoms with van der Waals surface area (Å²) >= 11 is 0. The summed E-state index contributed by atoms with van der Waals surface area (Å²) in [6.07, 6.45) is 1.93. The normalized spacial score (nSPS) is 19.5. The molecule has 0 radical (unpaired) electrons. The predicted octanol–water partition coefficient (Wildman–Crippen LogP) is 1.93. The van der Waals surface area contributed by atoms with E-state index in [2.05, 4.69) is 5.32 Å². The summed E-state index contributed by atoms with van der Waals surface area (Å²) in [5.41, 5.74) is 1.78. The van der Waals surface area contributed by atoms with Crippen molar-refractivity contribution in [2.75, 3.05) is 7.05 Å². The van der Waals surface area contributed by atoms with Gasteiger partial charge in [0.1, 0.15) is 17.5 Å². The maximum Gasteiger partial charge on any atom is 0.268 e. The minimum absolute atomic E-state index is 0.118. The Bertz CT molecular complexity index is 799. The van der Waals surface area contributed by atoms with Gasteiger partial charge in [-0.1, -0.05) is 48.5 Å². The molecule has 2 aromatic rings. The minimum atomic E-state index is -0.691. The molecule has 1 fully saturated rings. The summed E-state index contributed by atoms with van der Waals surface area (Å²) in [6, 6.07) is 15.5. The van der Waals surface area contributed by atoms with Crippen LogP contribution in [0, 0.1) is 0 Å². The summed E-state index contributed by atoms with van der Waals surface area (Å²) in [6.45, 7) is 0. The molecule has 2 N–H and O–H groups in total. The SMILES string of the molecule is CN1C(=O)[C@H](Cc2ccccc2O)NC(=O)/C1=C/c1ccccc1. The fraction of sp³-hybridized carbons (Fsp3) is 0.158. The van der Waals surface area contributed by atoms with Crippen LogP contribution in [0.1, 0.15) is 11.1 Å². The average molecular weight is 322 g/mol. The molecule has 1 atom stereocenters. The van der Waals surface area contributed by atoms with E-state index in [1.165, 1.54) is 4.90 Å². The Kier molecular flexibility index (Phi) is 4.33. The van der Waals surface area contributed by atoms with Crippen LogP contribution < -0.4 is 5.32 Å². The average Bonchev–Trinajstić information content (AvgIpc) is 2.59. The van der Waals surface area contributed by atoms with Crippen LogP contribution in [0.2, 0.25) is 0 Å². The minimum Gasteiger partial charge on any atom is -0.508 e. The summed E-state index contributed by atoms with van der Waals surface area (Å²) in [5.74, 6) is -0.394. The van der Waals surface area contributed by atoms with Gasteiger partial charge in [0.15, 0.2) is 0 Å². The first-order valence-corrected chi connectivity index (χ1v) is 7.68. The molecule has 0 bridgehead atoms. The maximum absolute atomic E-state index is 12.6. The van der Waals surface area contributed by atoms with Gasteiger partial charge in [-0.3, -0.25) is 9.59 Å². The van der Waals surface area contributed by atoms with Crippen molar-refractivity contribution in [3.63, 3.8) is 0 Å². The number of para-hydroxylation sites is 1. The third kappa shape index (κ3) is 3.15. The van der Waals surface area contributed by atoms with E-state index in [9.17, 15) is 14.7 Å². The molecule has 0 unspecified atom stereocenters. The van der Waals surface area contributed by atoms with Gasteiger partial charge in [-0.05, 0) is 23.3 Å². The predicted molar refractivity (Wildman–Crippen MR) is 90.9 cm³/mol. The van der Waals surface area contributed by atoms with Crippen molar-refractivity contribution in [1.82, 2.24) is 10.2 Å². The van der Waals surface area contributed by atoms with Gasteiger partial charge in [-0.15, -0.1) is 0 Å². The van der Waals surface area contributed by atoms with E-state index >= 15 is 0 Å². The van der Waals surface area contributed by atoms with E-state index in [1.54, 1.807) is 37.4 Å². The highest BCUT2D eigenvalue weighted by atomic mass is 16.3. The first kappa shape index (κ1) is 15.8. The van der Waals surface area contributed by atoms with Crippen LogP contribution in [0.5, 0.6) is 5.75 Å². The number of phenols is 1. The van der Waals surface area contributed by atoms with E-state index in [1.807, 2.05) is 30.3 Å². The van der Waals surface area contributed by atoms with Crippen LogP contribution in [-0.4, -0.2) is 34.9 Å². The number of rotatable bonds is 3. The van der Waals surface area contributed by atoms with Gasteiger partial charge in [0.25, 0.3) is 5.91 Å². The van der Waals surface area contributed by atoms with Crippen LogP contribution in [0.25, 0.3) is 6.08 Å². The first-order chi connectivity index (χ1) is 11.6. The number of nitrogens with zero attached hydrogens (tertiary/aromatic N) is 1. The Morgan fingerprint density at radius 3 is 2.46 bits per heavy atom. The first-order valence-electron chi connectivity index (χ1n) is 7.68. The molecule has 5 heteroatoms. The van der Waals surface area contributed by atoms with Crippen LogP contribution in [0.3, 0.4) is 0 Å². The summed E-state index contributed by atoms with van der Waals surface area (Å²) in [5, 5.41) is 12.6. The number of aromatic hydroxyl groups is 1. The number of carbonyl (C=O) groups is 2. The van der Waals surface area contributed by atoms with Crippen LogP contribution in [-0.2, 0) is 16.0 Å². The van der Waals surface area contributed by atoms with Gasteiger partial charge >= 0.3 is 0 Å². The Morgan fingerprint density at radius 2 is 1.75 bits per heavy atom. The van der Waals surface area contributed by atoms with Gasteiger partial charge in [-0.2, -0.15) is 0 Å². The second kappa shape index (κ2) is 6.58. The molecule has 1 saturated heterocycles. The molecule has 122 valence electrons. The standard InChI is InChI=1S/C19H18N2O3/c1-21-16(11-13-7-3-2-4-8-13)18(23)20-15(19(21)24)12-14-9-5-6-10-17(14)22/h2-11,15,22H,12H2,1H3,(H,20,23)/b16-11-/t15-/m0/s1. The molecular formula is C19H18N2O3. The lowest BCUT2D eigenvalue weighted by molar-refractivity contribution is -0.138. The van der Waals surface area contributed by atoms with Crippen molar-refractivity contribution in [3.8, 4) is 5.75 Å². The third-order valence-corrected chi connectivity index (χ3v) is 4.05. The van der Waals surface area contributed by atoms with E-state index < -0.39 is 6.04 Å². The van der Waals surface area contributed by atoms with Crippen LogP contribution in [0.4, 0.5) is 0 Å². The van der Waals surface area contributed by atoms with Crippen molar-refractivity contribution < 1.29 is 14.7 Å². The zero-order valence-corrected chi connectivity index (χ0v) is 13.3. The summed E-state index contributed by atoms with van der Waals surface area (Å²) in [4.78, 5) is 26.4. The fourth-order valence-corrected chi connectivity index (χ4v) is 2.71. The molecule has 2 aromatic carbocycles. The van der Waals surface area contributed by atoms with E-state index in [4.69, 9.17) is 0 Å². The number of piperazine rings is 1. The molecular weight excluding hydrogens is 304 g/mol. The lowest BCUT2D eigenvalue weighted by atomic mass is 10.0. The number of benzene rings is 2. The highest BCUT2D eigenvalue weighted by Crippen LogP contribution is 2.21. The van der Waals surface area contributed by atoms with E-state index in [-0.39, 0.29) is 24.0 Å². The Labute approximate surface area is 140 Å². The van der Waals surface area contributed by atoms with Crippen LogP contribution in [0.15, 0.2) is 60.3 Å². The van der Waals surface area contributed by atoms with Gasteiger partial charge in [0.2, 0.25) is 5.91 Å². The molecule has 5 nitrogen and oxygen atoms in total. The fourth-order valence-electron chi connectivity index (χ4n) is 2.71. The molecule has 1 aliphatic heterocycles. The molecule has 0 aliphatic carbocycles. The Morgan fingerprint density at radius 1 is 1.08 bits per heavy atom. The highest BCUT2D eigenvalue weighted by molar-refractivity contribution is 6.07. The van der Waals surface area contributed by atoms with Gasteiger partial charge in [0.05, 0.1) is 0 Å².